The van der Waals surface area contributed by atoms with Crippen LogP contribution in [0.4, 0.5) is 0 Å². The van der Waals surface area contributed by atoms with Crippen LogP contribution < -0.4 is 15.4 Å². The van der Waals surface area contributed by atoms with Gasteiger partial charge in [0.05, 0.1) is 19.9 Å². The molecule has 1 aliphatic carbocycles. The van der Waals surface area contributed by atoms with E-state index >= 15 is 0 Å². The Bertz CT molecular complexity index is 987. The van der Waals surface area contributed by atoms with E-state index in [1.807, 2.05) is 24.3 Å². The van der Waals surface area contributed by atoms with Crippen molar-refractivity contribution in [2.75, 3.05) is 7.11 Å². The minimum atomic E-state index is -0.258. The lowest BCUT2D eigenvalue weighted by atomic mass is 9.85. The smallest absolute Gasteiger partial charge is 0.290 e. The summed E-state index contributed by atoms with van der Waals surface area (Å²) in [6.07, 6.45) is 4.47. The quantitative estimate of drug-likeness (QED) is 0.594. The molecular formula is C21H24N4O4. The number of methoxy groups -OCH3 is 1. The highest BCUT2D eigenvalue weighted by Gasteiger charge is 2.27. The zero-order valence-electron chi connectivity index (χ0n) is 16.2. The third-order valence-corrected chi connectivity index (χ3v) is 5.43. The normalized spacial score (nSPS) is 19.1. The molecular weight excluding hydrogens is 372 g/mol. The highest BCUT2D eigenvalue weighted by Crippen LogP contribution is 2.25. The van der Waals surface area contributed by atoms with Gasteiger partial charge in [-0.05, 0) is 49.9 Å². The number of hydrogen-bond acceptors (Lipinski definition) is 5. The molecule has 1 aromatic carbocycles. The Balaban J connectivity index is 1.25. The van der Waals surface area contributed by atoms with Crippen LogP contribution in [0.25, 0.3) is 10.9 Å². The zero-order chi connectivity index (χ0) is 20.2. The van der Waals surface area contributed by atoms with Crippen LogP contribution in [-0.2, 0) is 11.3 Å². The first kappa shape index (κ1) is 19.0. The first-order chi connectivity index (χ1) is 14.1. The van der Waals surface area contributed by atoms with Gasteiger partial charge in [-0.3, -0.25) is 9.59 Å². The van der Waals surface area contributed by atoms with Gasteiger partial charge >= 0.3 is 0 Å². The molecule has 1 aliphatic rings. The van der Waals surface area contributed by atoms with E-state index in [1.165, 1.54) is 12.3 Å². The fourth-order valence-electron chi connectivity index (χ4n) is 3.81. The highest BCUT2D eigenvalue weighted by molar-refractivity contribution is 5.91. The molecule has 0 bridgehead atoms. The minimum absolute atomic E-state index is 0.0297. The number of carbonyl (C=O) groups excluding carboxylic acids is 2. The van der Waals surface area contributed by atoms with Gasteiger partial charge in [0.2, 0.25) is 11.7 Å². The number of rotatable bonds is 6. The number of aromatic nitrogens is 2. The van der Waals surface area contributed by atoms with Gasteiger partial charge in [-0.2, -0.15) is 0 Å². The summed E-state index contributed by atoms with van der Waals surface area (Å²) in [4.78, 5) is 27.9. The topological polar surface area (TPSA) is 109 Å². The maximum absolute atomic E-state index is 12.5. The number of H-pyrrole nitrogens is 1. The molecule has 8 heteroatoms. The Morgan fingerprint density at radius 3 is 2.76 bits per heavy atom. The number of amides is 2. The Morgan fingerprint density at radius 2 is 2.03 bits per heavy atom. The molecule has 0 radical (unpaired) electrons. The van der Waals surface area contributed by atoms with Crippen LogP contribution in [0, 0.1) is 5.92 Å². The van der Waals surface area contributed by atoms with Gasteiger partial charge < -0.3 is 24.9 Å². The molecule has 2 heterocycles. The summed E-state index contributed by atoms with van der Waals surface area (Å²) in [5.41, 5.74) is 1.97. The Morgan fingerprint density at radius 1 is 1.21 bits per heavy atom. The third-order valence-electron chi connectivity index (χ3n) is 5.43. The largest absolute Gasteiger partial charge is 0.497 e. The standard InChI is InChI=1S/C21H24N4O4/c1-28-17-6-7-18-14(11-17)10-16(24-18)12-22-20(26)13-2-4-15(5-3-13)25-21(27)19-8-9-23-29-19/h6-11,13,15,24H,2-5,12H2,1H3,(H,22,26)(H,25,27). The van der Waals surface area contributed by atoms with Crippen molar-refractivity contribution >= 4 is 22.7 Å². The first-order valence-corrected chi connectivity index (χ1v) is 9.77. The maximum atomic E-state index is 12.5. The van der Waals surface area contributed by atoms with Crippen molar-refractivity contribution < 1.29 is 18.8 Å². The molecule has 0 atom stereocenters. The molecule has 0 spiro atoms. The monoisotopic (exact) mass is 396 g/mol. The second-order valence-corrected chi connectivity index (χ2v) is 7.36. The Kier molecular flexibility index (Phi) is 5.50. The summed E-state index contributed by atoms with van der Waals surface area (Å²) >= 11 is 0. The molecule has 152 valence electrons. The average Bonchev–Trinajstić information content (AvgIpc) is 3.41. The summed E-state index contributed by atoms with van der Waals surface area (Å²) in [6.45, 7) is 0.456. The summed E-state index contributed by atoms with van der Waals surface area (Å²) in [5, 5.41) is 10.6. The molecule has 29 heavy (non-hydrogen) atoms. The fraction of sp³-hybridized carbons (Fsp3) is 0.381. The number of nitrogens with one attached hydrogen (secondary N) is 3. The molecule has 2 aromatic heterocycles. The van der Waals surface area contributed by atoms with Gasteiger partial charge in [0.25, 0.3) is 5.91 Å². The zero-order valence-corrected chi connectivity index (χ0v) is 16.2. The lowest BCUT2D eigenvalue weighted by Gasteiger charge is -2.28. The average molecular weight is 396 g/mol. The summed E-state index contributed by atoms with van der Waals surface area (Å²) in [7, 11) is 1.64. The second-order valence-electron chi connectivity index (χ2n) is 7.36. The molecule has 0 unspecified atom stereocenters. The first-order valence-electron chi connectivity index (χ1n) is 9.77. The number of benzene rings is 1. The number of carbonyl (C=O) groups is 2. The number of fused-ring (bicyclic) bond motifs is 1. The van der Waals surface area contributed by atoms with Crippen molar-refractivity contribution in [2.24, 2.45) is 5.92 Å². The van der Waals surface area contributed by atoms with Crippen LogP contribution in [0.5, 0.6) is 5.75 Å². The van der Waals surface area contributed by atoms with E-state index in [-0.39, 0.29) is 29.5 Å². The summed E-state index contributed by atoms with van der Waals surface area (Å²) < 4.78 is 10.1. The molecule has 8 nitrogen and oxygen atoms in total. The van der Waals surface area contributed by atoms with E-state index in [2.05, 4.69) is 20.8 Å². The van der Waals surface area contributed by atoms with Crippen LogP contribution in [0.2, 0.25) is 0 Å². The lowest BCUT2D eigenvalue weighted by molar-refractivity contribution is -0.126. The maximum Gasteiger partial charge on any atom is 0.290 e. The van der Waals surface area contributed by atoms with Gasteiger partial charge in [0, 0.05) is 34.6 Å². The van der Waals surface area contributed by atoms with Gasteiger partial charge in [-0.15, -0.1) is 0 Å². The van der Waals surface area contributed by atoms with Crippen molar-refractivity contribution in [3.63, 3.8) is 0 Å². The second kappa shape index (κ2) is 8.38. The SMILES string of the molecule is COc1ccc2[nH]c(CNC(=O)C3CCC(NC(=O)c4ccno4)CC3)cc2c1. The van der Waals surface area contributed by atoms with Crippen LogP contribution in [0.15, 0.2) is 41.1 Å². The Labute approximate surface area is 168 Å². The number of aromatic amines is 1. The Hall–Kier alpha value is -3.29. The van der Waals surface area contributed by atoms with Crippen molar-refractivity contribution in [3.05, 3.63) is 48.0 Å². The van der Waals surface area contributed by atoms with Gasteiger partial charge in [-0.25, -0.2) is 0 Å². The van der Waals surface area contributed by atoms with E-state index in [0.29, 0.717) is 6.54 Å². The van der Waals surface area contributed by atoms with Gasteiger partial charge in [-0.1, -0.05) is 5.16 Å². The molecule has 3 aromatic rings. The van der Waals surface area contributed by atoms with Crippen molar-refractivity contribution in [1.82, 2.24) is 20.8 Å². The molecule has 1 fully saturated rings. The van der Waals surface area contributed by atoms with E-state index in [0.717, 1.165) is 48.0 Å². The highest BCUT2D eigenvalue weighted by atomic mass is 16.5. The van der Waals surface area contributed by atoms with Crippen molar-refractivity contribution in [3.8, 4) is 5.75 Å². The van der Waals surface area contributed by atoms with Crippen LogP contribution in [-0.4, -0.2) is 35.1 Å². The van der Waals surface area contributed by atoms with Crippen molar-refractivity contribution in [2.45, 2.75) is 38.3 Å². The minimum Gasteiger partial charge on any atom is -0.497 e. The van der Waals surface area contributed by atoms with Crippen LogP contribution >= 0.6 is 0 Å². The number of nitrogens with zero attached hydrogens (tertiary/aromatic N) is 1. The molecule has 0 aliphatic heterocycles. The summed E-state index contributed by atoms with van der Waals surface area (Å²) in [5.74, 6) is 0.782. The van der Waals surface area contributed by atoms with Crippen LogP contribution in [0.3, 0.4) is 0 Å². The van der Waals surface area contributed by atoms with E-state index in [1.54, 1.807) is 7.11 Å². The van der Waals surface area contributed by atoms with E-state index in [9.17, 15) is 9.59 Å². The van der Waals surface area contributed by atoms with Gasteiger partial charge in [0.15, 0.2) is 0 Å². The van der Waals surface area contributed by atoms with Crippen LogP contribution in [0.1, 0.15) is 41.9 Å². The third kappa shape index (κ3) is 4.42. The molecule has 4 rings (SSSR count). The van der Waals surface area contributed by atoms with Gasteiger partial charge in [0.1, 0.15) is 5.75 Å². The predicted octanol–water partition coefficient (Wildman–Crippen LogP) is 2.77. The fourth-order valence-corrected chi connectivity index (χ4v) is 3.81. The molecule has 1 saturated carbocycles. The number of hydrogen-bond donors (Lipinski definition) is 3. The predicted molar refractivity (Wildman–Crippen MR) is 106 cm³/mol. The van der Waals surface area contributed by atoms with E-state index < -0.39 is 0 Å². The lowest BCUT2D eigenvalue weighted by Crippen LogP contribution is -2.40. The molecule has 2 amide bonds. The number of ether oxygens (including phenoxy) is 1. The molecule has 3 N–H and O–H groups in total. The summed E-state index contributed by atoms with van der Waals surface area (Å²) in [6, 6.07) is 9.45. The van der Waals surface area contributed by atoms with E-state index in [4.69, 9.17) is 9.26 Å². The van der Waals surface area contributed by atoms with Crippen molar-refractivity contribution in [1.29, 1.82) is 0 Å². The molecule has 0 saturated heterocycles.